The lowest BCUT2D eigenvalue weighted by Gasteiger charge is -2.17. The Labute approximate surface area is 113 Å². The van der Waals surface area contributed by atoms with Crippen LogP contribution in [-0.4, -0.2) is 17.2 Å². The van der Waals surface area contributed by atoms with E-state index in [0.717, 1.165) is 36.1 Å². The van der Waals surface area contributed by atoms with Gasteiger partial charge in [-0.25, -0.2) is 0 Å². The average Bonchev–Trinajstić information content (AvgIpc) is 2.36. The lowest BCUT2D eigenvalue weighted by molar-refractivity contribution is -0.137. The second-order valence-electron chi connectivity index (χ2n) is 5.00. The van der Waals surface area contributed by atoms with Crippen LogP contribution in [0.4, 0.5) is 0 Å². The van der Waals surface area contributed by atoms with Gasteiger partial charge in [0.1, 0.15) is 5.76 Å². The minimum atomic E-state index is -0.287. The maximum Gasteiger partial charge on any atom is 0.307 e. The summed E-state index contributed by atoms with van der Waals surface area (Å²) < 4.78 is 5.27. The molecule has 1 aromatic carbocycles. The molecular formula is C16H20O3. The van der Waals surface area contributed by atoms with Crippen LogP contribution in [-0.2, 0) is 22.4 Å². The van der Waals surface area contributed by atoms with Crippen molar-refractivity contribution in [2.24, 2.45) is 0 Å². The summed E-state index contributed by atoms with van der Waals surface area (Å²) in [7, 11) is 0. The van der Waals surface area contributed by atoms with Crippen molar-refractivity contribution in [1.29, 1.82) is 0 Å². The maximum atomic E-state index is 11.1. The van der Waals surface area contributed by atoms with Crippen LogP contribution in [0.25, 0.3) is 0 Å². The molecule has 19 heavy (non-hydrogen) atoms. The number of hydrogen-bond donors (Lipinski definition) is 1. The van der Waals surface area contributed by atoms with E-state index in [1.165, 1.54) is 6.92 Å². The third-order valence-corrected chi connectivity index (χ3v) is 3.33. The van der Waals surface area contributed by atoms with Crippen molar-refractivity contribution in [3.8, 4) is 0 Å². The van der Waals surface area contributed by atoms with Crippen LogP contribution >= 0.6 is 0 Å². The van der Waals surface area contributed by atoms with Crippen molar-refractivity contribution in [3.63, 3.8) is 0 Å². The largest absolute Gasteiger partial charge is 0.431 e. The topological polar surface area (TPSA) is 46.5 Å². The van der Waals surface area contributed by atoms with E-state index in [2.05, 4.69) is 0 Å². The minimum absolute atomic E-state index is 0.277. The molecule has 3 nitrogen and oxygen atoms in total. The number of aliphatic hydroxyl groups excluding tert-OH is 1. The SMILES string of the molecule is CC(=O)O/C1=C\CCCC(O)Cc2ccccc2C1. The van der Waals surface area contributed by atoms with Crippen LogP contribution in [0.5, 0.6) is 0 Å². The molecule has 1 N–H and O–H groups in total. The normalized spacial score (nSPS) is 22.8. The van der Waals surface area contributed by atoms with E-state index in [0.29, 0.717) is 12.8 Å². The third-order valence-electron chi connectivity index (χ3n) is 3.33. The van der Waals surface area contributed by atoms with Gasteiger partial charge in [0.15, 0.2) is 0 Å². The van der Waals surface area contributed by atoms with E-state index in [1.54, 1.807) is 0 Å². The molecule has 1 atom stereocenters. The summed E-state index contributed by atoms with van der Waals surface area (Å²) in [5.74, 6) is 0.442. The van der Waals surface area contributed by atoms with Crippen LogP contribution in [0, 0.1) is 0 Å². The molecule has 0 saturated heterocycles. The number of aliphatic hydroxyl groups is 1. The molecule has 0 fully saturated rings. The highest BCUT2D eigenvalue weighted by Gasteiger charge is 2.13. The molecule has 0 spiro atoms. The molecule has 0 aromatic heterocycles. The Morgan fingerprint density at radius 1 is 1.32 bits per heavy atom. The van der Waals surface area contributed by atoms with Crippen molar-refractivity contribution >= 4 is 5.97 Å². The Bertz CT molecular complexity index is 477. The van der Waals surface area contributed by atoms with Crippen molar-refractivity contribution < 1.29 is 14.6 Å². The van der Waals surface area contributed by atoms with Crippen molar-refractivity contribution in [3.05, 3.63) is 47.2 Å². The molecule has 102 valence electrons. The molecule has 0 radical (unpaired) electrons. The number of rotatable bonds is 1. The van der Waals surface area contributed by atoms with Gasteiger partial charge in [-0.15, -0.1) is 0 Å². The Balaban J connectivity index is 2.26. The molecule has 0 amide bonds. The molecule has 0 heterocycles. The van der Waals surface area contributed by atoms with Crippen LogP contribution in [0.15, 0.2) is 36.1 Å². The number of carbonyl (C=O) groups is 1. The maximum absolute atomic E-state index is 11.1. The van der Waals surface area contributed by atoms with Gasteiger partial charge in [0.2, 0.25) is 0 Å². The summed E-state index contributed by atoms with van der Waals surface area (Å²) in [6, 6.07) is 8.02. The molecule has 0 saturated carbocycles. The highest BCUT2D eigenvalue weighted by Crippen LogP contribution is 2.20. The zero-order valence-electron chi connectivity index (χ0n) is 11.3. The van der Waals surface area contributed by atoms with E-state index >= 15 is 0 Å². The molecule has 1 aliphatic carbocycles. The Morgan fingerprint density at radius 2 is 2.05 bits per heavy atom. The summed E-state index contributed by atoms with van der Waals surface area (Å²) in [6.45, 7) is 1.43. The van der Waals surface area contributed by atoms with Crippen molar-refractivity contribution in [2.45, 2.75) is 45.1 Å². The summed E-state index contributed by atoms with van der Waals surface area (Å²) in [5, 5.41) is 9.98. The summed E-state index contributed by atoms with van der Waals surface area (Å²) in [6.07, 6.45) is 5.49. The molecule has 1 unspecified atom stereocenters. The van der Waals surface area contributed by atoms with E-state index in [9.17, 15) is 9.90 Å². The van der Waals surface area contributed by atoms with E-state index < -0.39 is 0 Å². The number of fused-ring (bicyclic) bond motifs is 1. The number of hydrogen-bond acceptors (Lipinski definition) is 3. The Hall–Kier alpha value is -1.61. The molecule has 1 aromatic rings. The van der Waals surface area contributed by atoms with E-state index in [-0.39, 0.29) is 12.1 Å². The first-order valence-corrected chi connectivity index (χ1v) is 6.77. The first-order chi connectivity index (χ1) is 9.15. The zero-order valence-corrected chi connectivity index (χ0v) is 11.3. The molecular weight excluding hydrogens is 240 g/mol. The third kappa shape index (κ3) is 4.21. The Kier molecular flexibility index (Phi) is 4.74. The second kappa shape index (κ2) is 6.53. The van der Waals surface area contributed by atoms with Gasteiger partial charge in [-0.3, -0.25) is 4.79 Å². The fourth-order valence-corrected chi connectivity index (χ4v) is 2.42. The predicted octanol–water partition coefficient (Wildman–Crippen LogP) is 2.76. The summed E-state index contributed by atoms with van der Waals surface area (Å²) in [5.41, 5.74) is 2.26. The number of ether oxygens (including phenoxy) is 1. The first kappa shape index (κ1) is 13.8. The van der Waals surface area contributed by atoms with Gasteiger partial charge in [0.05, 0.1) is 6.10 Å². The number of esters is 1. The number of carbonyl (C=O) groups excluding carboxylic acids is 1. The summed E-state index contributed by atoms with van der Waals surface area (Å²) >= 11 is 0. The molecule has 0 aliphatic heterocycles. The lowest BCUT2D eigenvalue weighted by Crippen LogP contribution is -2.13. The van der Waals surface area contributed by atoms with Gasteiger partial charge in [-0.2, -0.15) is 0 Å². The van der Waals surface area contributed by atoms with Gasteiger partial charge in [-0.1, -0.05) is 24.3 Å². The smallest absolute Gasteiger partial charge is 0.307 e. The monoisotopic (exact) mass is 260 g/mol. The molecule has 2 rings (SSSR count). The lowest BCUT2D eigenvalue weighted by atomic mass is 9.95. The van der Waals surface area contributed by atoms with Gasteiger partial charge >= 0.3 is 5.97 Å². The predicted molar refractivity (Wildman–Crippen MR) is 73.6 cm³/mol. The van der Waals surface area contributed by atoms with Crippen molar-refractivity contribution in [2.75, 3.05) is 0 Å². The highest BCUT2D eigenvalue weighted by molar-refractivity contribution is 5.67. The molecule has 0 bridgehead atoms. The second-order valence-corrected chi connectivity index (χ2v) is 5.00. The fraction of sp³-hybridized carbons (Fsp3) is 0.438. The summed E-state index contributed by atoms with van der Waals surface area (Å²) in [4.78, 5) is 11.1. The first-order valence-electron chi connectivity index (χ1n) is 6.77. The van der Waals surface area contributed by atoms with Crippen LogP contribution < -0.4 is 0 Å². The Morgan fingerprint density at radius 3 is 2.79 bits per heavy atom. The standard InChI is InChI=1S/C16H20O3/c1-12(17)19-16-9-5-4-8-15(18)10-13-6-2-3-7-14(13)11-16/h2-3,6-7,9,15,18H,4-5,8,10-11H2,1H3/b16-9-. The van der Waals surface area contributed by atoms with E-state index in [1.807, 2.05) is 30.3 Å². The zero-order chi connectivity index (χ0) is 13.7. The number of allylic oxidation sites excluding steroid dienone is 2. The van der Waals surface area contributed by atoms with Gasteiger partial charge in [0.25, 0.3) is 0 Å². The van der Waals surface area contributed by atoms with Crippen molar-refractivity contribution in [1.82, 2.24) is 0 Å². The van der Waals surface area contributed by atoms with Crippen LogP contribution in [0.2, 0.25) is 0 Å². The average molecular weight is 260 g/mol. The van der Waals surface area contributed by atoms with Crippen LogP contribution in [0.3, 0.4) is 0 Å². The number of benzene rings is 1. The quantitative estimate of drug-likeness (QED) is 0.790. The molecule has 1 aliphatic rings. The highest BCUT2D eigenvalue weighted by atomic mass is 16.5. The van der Waals surface area contributed by atoms with Gasteiger partial charge < -0.3 is 9.84 Å². The van der Waals surface area contributed by atoms with E-state index in [4.69, 9.17) is 4.74 Å². The minimum Gasteiger partial charge on any atom is -0.431 e. The van der Waals surface area contributed by atoms with Gasteiger partial charge in [-0.05, 0) is 42.9 Å². The fourth-order valence-electron chi connectivity index (χ4n) is 2.42. The van der Waals surface area contributed by atoms with Crippen LogP contribution in [0.1, 0.15) is 37.3 Å². The van der Waals surface area contributed by atoms with Gasteiger partial charge in [0, 0.05) is 13.3 Å². The molecule has 3 heteroatoms.